The van der Waals surface area contributed by atoms with Crippen LogP contribution in [-0.4, -0.2) is 0 Å². The number of fused-ring (bicyclic) bond motifs is 6. The zero-order valence-electron chi connectivity index (χ0n) is 23.2. The molecule has 0 fully saturated rings. The molecule has 6 aromatic carbocycles. The topological polar surface area (TPSA) is 50.1 Å². The van der Waals surface area contributed by atoms with Gasteiger partial charge in [-0.3, -0.25) is 0 Å². The van der Waals surface area contributed by atoms with E-state index in [2.05, 4.69) is 92.7 Å². The smallest absolute Gasteiger partial charge is 0.135 e. The molecule has 2 aromatic heterocycles. The standard InChI is InChI=1S/C39H25NO2/c1-23-31(26-14-16-37-33(19-26)29-10-3-5-12-35(29)41-37)21-32(24(2)39(23)28-9-7-8-25(18-28)22-40)27-15-17-38-34(20-27)30-11-4-6-13-36(30)42-38/h3-21H,1-2H3. The minimum absolute atomic E-state index is 0.649. The highest BCUT2D eigenvalue weighted by Gasteiger charge is 2.19. The van der Waals surface area contributed by atoms with E-state index < -0.39 is 0 Å². The summed E-state index contributed by atoms with van der Waals surface area (Å²) in [7, 11) is 0. The first-order chi connectivity index (χ1) is 20.6. The third-order valence-electron chi connectivity index (χ3n) is 8.50. The second-order valence-electron chi connectivity index (χ2n) is 10.9. The molecule has 0 saturated carbocycles. The van der Waals surface area contributed by atoms with Crippen LogP contribution in [0.5, 0.6) is 0 Å². The molecule has 0 aliphatic heterocycles. The largest absolute Gasteiger partial charge is 0.456 e. The van der Waals surface area contributed by atoms with Crippen molar-refractivity contribution in [2.24, 2.45) is 0 Å². The highest BCUT2D eigenvalue weighted by atomic mass is 16.3. The molecule has 2 heterocycles. The minimum atomic E-state index is 0.649. The quantitative estimate of drug-likeness (QED) is 0.224. The second-order valence-corrected chi connectivity index (χ2v) is 10.9. The Kier molecular flexibility index (Phi) is 5.32. The van der Waals surface area contributed by atoms with Crippen molar-refractivity contribution in [1.82, 2.24) is 0 Å². The first kappa shape index (κ1) is 24.2. The molecule has 0 aliphatic carbocycles. The summed E-state index contributed by atoms with van der Waals surface area (Å²) in [5.74, 6) is 0. The van der Waals surface area contributed by atoms with Crippen LogP contribution in [0.3, 0.4) is 0 Å². The number of nitrogens with zero attached hydrogens (tertiary/aromatic N) is 1. The molecule has 42 heavy (non-hydrogen) atoms. The van der Waals surface area contributed by atoms with Crippen LogP contribution in [0.2, 0.25) is 0 Å². The predicted octanol–water partition coefficient (Wildman–Crippen LogP) is 11.0. The van der Waals surface area contributed by atoms with E-state index in [9.17, 15) is 5.26 Å². The maximum absolute atomic E-state index is 9.68. The van der Waals surface area contributed by atoms with Gasteiger partial charge in [0.25, 0.3) is 0 Å². The van der Waals surface area contributed by atoms with Gasteiger partial charge in [0.1, 0.15) is 22.3 Å². The number of hydrogen-bond acceptors (Lipinski definition) is 3. The lowest BCUT2D eigenvalue weighted by Gasteiger charge is -2.20. The molecule has 8 rings (SSSR count). The van der Waals surface area contributed by atoms with Gasteiger partial charge in [-0.1, -0.05) is 60.7 Å². The molecular formula is C39H25NO2. The summed E-state index contributed by atoms with van der Waals surface area (Å²) in [5, 5.41) is 14.1. The summed E-state index contributed by atoms with van der Waals surface area (Å²) in [4.78, 5) is 0. The Bertz CT molecular complexity index is 2260. The van der Waals surface area contributed by atoms with E-state index in [1.54, 1.807) is 0 Å². The highest BCUT2D eigenvalue weighted by molar-refractivity contribution is 6.08. The van der Waals surface area contributed by atoms with Crippen LogP contribution < -0.4 is 0 Å². The lowest BCUT2D eigenvalue weighted by atomic mass is 9.84. The van der Waals surface area contributed by atoms with E-state index in [0.717, 1.165) is 77.3 Å². The first-order valence-electron chi connectivity index (χ1n) is 14.1. The Morgan fingerprint density at radius 1 is 0.476 bits per heavy atom. The maximum Gasteiger partial charge on any atom is 0.135 e. The summed E-state index contributed by atoms with van der Waals surface area (Å²) in [5.41, 5.74) is 13.3. The van der Waals surface area contributed by atoms with Gasteiger partial charge in [0.15, 0.2) is 0 Å². The lowest BCUT2D eigenvalue weighted by Crippen LogP contribution is -1.97. The Morgan fingerprint density at radius 3 is 1.55 bits per heavy atom. The van der Waals surface area contributed by atoms with Crippen LogP contribution in [0.15, 0.2) is 124 Å². The summed E-state index contributed by atoms with van der Waals surface area (Å²) in [6, 6.07) is 41.8. The molecule has 0 bridgehead atoms. The van der Waals surface area contributed by atoms with Gasteiger partial charge in [0, 0.05) is 21.5 Å². The normalized spacial score (nSPS) is 11.5. The highest BCUT2D eigenvalue weighted by Crippen LogP contribution is 2.43. The summed E-state index contributed by atoms with van der Waals surface area (Å²) >= 11 is 0. The van der Waals surface area contributed by atoms with Crippen LogP contribution >= 0.6 is 0 Å². The van der Waals surface area contributed by atoms with Crippen molar-refractivity contribution in [1.29, 1.82) is 5.26 Å². The van der Waals surface area contributed by atoms with Crippen molar-refractivity contribution >= 4 is 43.9 Å². The zero-order chi connectivity index (χ0) is 28.4. The number of furan rings is 2. The molecule has 3 nitrogen and oxygen atoms in total. The van der Waals surface area contributed by atoms with E-state index in [4.69, 9.17) is 8.83 Å². The second kappa shape index (κ2) is 9.23. The Morgan fingerprint density at radius 2 is 1.00 bits per heavy atom. The number of rotatable bonds is 3. The van der Waals surface area contributed by atoms with Gasteiger partial charge in [-0.15, -0.1) is 0 Å². The Hall–Kier alpha value is -5.59. The van der Waals surface area contributed by atoms with Crippen molar-refractivity contribution in [3.8, 4) is 39.4 Å². The maximum atomic E-state index is 9.68. The minimum Gasteiger partial charge on any atom is -0.456 e. The van der Waals surface area contributed by atoms with E-state index in [1.807, 2.05) is 42.5 Å². The first-order valence-corrected chi connectivity index (χ1v) is 14.1. The molecule has 0 N–H and O–H groups in total. The van der Waals surface area contributed by atoms with Crippen molar-refractivity contribution in [2.75, 3.05) is 0 Å². The average Bonchev–Trinajstić information content (AvgIpc) is 3.59. The van der Waals surface area contributed by atoms with Gasteiger partial charge in [-0.05, 0) is 113 Å². The summed E-state index contributed by atoms with van der Waals surface area (Å²) in [6.07, 6.45) is 0. The molecule has 0 saturated heterocycles. The number of para-hydroxylation sites is 2. The van der Waals surface area contributed by atoms with Gasteiger partial charge < -0.3 is 8.83 Å². The number of hydrogen-bond donors (Lipinski definition) is 0. The van der Waals surface area contributed by atoms with E-state index in [-0.39, 0.29) is 0 Å². The van der Waals surface area contributed by atoms with Gasteiger partial charge in [-0.25, -0.2) is 0 Å². The third kappa shape index (κ3) is 3.66. The number of benzene rings is 6. The molecule has 0 atom stereocenters. The fraction of sp³-hybridized carbons (Fsp3) is 0.0513. The molecule has 0 unspecified atom stereocenters. The van der Waals surface area contributed by atoms with E-state index >= 15 is 0 Å². The molecule has 8 aromatic rings. The van der Waals surface area contributed by atoms with Crippen LogP contribution in [0.25, 0.3) is 77.3 Å². The summed E-state index contributed by atoms with van der Waals surface area (Å²) < 4.78 is 12.3. The third-order valence-corrected chi connectivity index (χ3v) is 8.50. The van der Waals surface area contributed by atoms with Crippen molar-refractivity contribution in [3.05, 3.63) is 132 Å². The fourth-order valence-corrected chi connectivity index (χ4v) is 6.48. The summed E-state index contributed by atoms with van der Waals surface area (Å²) in [6.45, 7) is 4.37. The SMILES string of the molecule is Cc1c(-c2ccc3oc4ccccc4c3c2)cc(-c2ccc3oc4ccccc4c3c2)c(C)c1-c1cccc(C#N)c1. The molecule has 0 aliphatic rings. The molecule has 0 amide bonds. The zero-order valence-corrected chi connectivity index (χ0v) is 23.2. The fourth-order valence-electron chi connectivity index (χ4n) is 6.48. The van der Waals surface area contributed by atoms with Crippen LogP contribution in [0, 0.1) is 25.2 Å². The molecule has 198 valence electrons. The van der Waals surface area contributed by atoms with Crippen LogP contribution in [0.1, 0.15) is 16.7 Å². The van der Waals surface area contributed by atoms with Gasteiger partial charge >= 0.3 is 0 Å². The average molecular weight is 540 g/mol. The number of nitriles is 1. The van der Waals surface area contributed by atoms with E-state index in [0.29, 0.717) is 5.56 Å². The van der Waals surface area contributed by atoms with Crippen LogP contribution in [0.4, 0.5) is 0 Å². The molecule has 0 radical (unpaired) electrons. The Balaban J connectivity index is 1.42. The van der Waals surface area contributed by atoms with Crippen LogP contribution in [-0.2, 0) is 0 Å². The van der Waals surface area contributed by atoms with Crippen molar-refractivity contribution in [3.63, 3.8) is 0 Å². The van der Waals surface area contributed by atoms with Gasteiger partial charge in [-0.2, -0.15) is 5.26 Å². The molecule has 0 spiro atoms. The molecule has 3 heteroatoms. The van der Waals surface area contributed by atoms with Gasteiger partial charge in [0.2, 0.25) is 0 Å². The lowest BCUT2D eigenvalue weighted by molar-refractivity contribution is 0.668. The van der Waals surface area contributed by atoms with Gasteiger partial charge in [0.05, 0.1) is 11.6 Å². The molecular weight excluding hydrogens is 514 g/mol. The van der Waals surface area contributed by atoms with Crippen molar-refractivity contribution in [2.45, 2.75) is 13.8 Å². The van der Waals surface area contributed by atoms with E-state index in [1.165, 1.54) is 11.1 Å². The monoisotopic (exact) mass is 539 g/mol. The Labute approximate surface area is 242 Å². The van der Waals surface area contributed by atoms with Crippen molar-refractivity contribution < 1.29 is 8.83 Å². The predicted molar refractivity (Wildman–Crippen MR) is 171 cm³/mol.